The minimum Gasteiger partial charge on any atom is -0.481 e. The average Bonchev–Trinajstić information content (AvgIpc) is 3.22. The maximum absolute atomic E-state index is 13.3. The Labute approximate surface area is 212 Å². The van der Waals surface area contributed by atoms with E-state index in [1.54, 1.807) is 6.92 Å². The summed E-state index contributed by atoms with van der Waals surface area (Å²) in [5, 5.41) is 4.58. The summed E-state index contributed by atoms with van der Waals surface area (Å²) in [4.78, 5) is 19.8. The van der Waals surface area contributed by atoms with Crippen LogP contribution in [-0.2, 0) is 12.1 Å². The molecule has 1 amide bonds. The molecular weight excluding hydrogens is 446 g/mol. The van der Waals surface area contributed by atoms with Crippen LogP contribution >= 0.6 is 0 Å². The van der Waals surface area contributed by atoms with Crippen molar-refractivity contribution in [1.82, 2.24) is 15.2 Å². The average molecular weight is 476 g/mol. The second kappa shape index (κ2) is 9.85. The van der Waals surface area contributed by atoms with E-state index in [2.05, 4.69) is 77.6 Å². The van der Waals surface area contributed by atoms with E-state index in [-0.39, 0.29) is 5.91 Å². The molecule has 0 saturated heterocycles. The van der Waals surface area contributed by atoms with Gasteiger partial charge < -0.3 is 15.0 Å². The van der Waals surface area contributed by atoms with Crippen molar-refractivity contribution in [3.05, 3.63) is 95.7 Å². The zero-order valence-electron chi connectivity index (χ0n) is 20.8. The van der Waals surface area contributed by atoms with Gasteiger partial charge in [0.05, 0.1) is 11.1 Å². The molecule has 3 aromatic carbocycles. The van der Waals surface area contributed by atoms with Gasteiger partial charge in [-0.15, -0.1) is 5.92 Å². The highest BCUT2D eigenvalue weighted by Gasteiger charge is 2.34. The molecule has 36 heavy (non-hydrogen) atoms. The minimum atomic E-state index is -0.413. The van der Waals surface area contributed by atoms with Crippen molar-refractivity contribution in [2.75, 3.05) is 20.2 Å². The molecule has 1 aliphatic heterocycles. The van der Waals surface area contributed by atoms with Gasteiger partial charge in [-0.25, -0.2) is 0 Å². The molecule has 180 valence electrons. The number of fused-ring (bicyclic) bond motifs is 2. The van der Waals surface area contributed by atoms with Crippen LogP contribution in [0.5, 0.6) is 5.75 Å². The molecular formula is C31H29N3O2. The van der Waals surface area contributed by atoms with E-state index in [4.69, 9.17) is 4.74 Å². The van der Waals surface area contributed by atoms with E-state index >= 15 is 0 Å². The molecule has 0 aliphatic carbocycles. The maximum atomic E-state index is 13.3. The third-order valence-corrected chi connectivity index (χ3v) is 6.97. The highest BCUT2D eigenvalue weighted by molar-refractivity contribution is 5.99. The molecule has 1 unspecified atom stereocenters. The summed E-state index contributed by atoms with van der Waals surface area (Å²) < 4.78 is 5.66. The number of carbonyl (C=O) groups excluding carboxylic acids is 1. The Balaban J connectivity index is 1.36. The number of aromatic nitrogens is 1. The van der Waals surface area contributed by atoms with Gasteiger partial charge in [-0.1, -0.05) is 60.5 Å². The minimum absolute atomic E-state index is 0.0250. The standard InChI is InChI=1S/C31H29N3O2/c1-4-5-18-36-26-16-13-24-20-34(30(35)28(24)19-26)21-31(2,32-3)25-14-11-22(12-15-25)27-10-6-8-23-9-7-17-33-29(23)27/h6-17,19,32H,18,20-21H2,1-3H3. The SMILES string of the molecule is CC#CCOc1ccc2c(c1)C(=O)N(CC(C)(NC)c1ccc(-c3cccc4cccnc34)cc1)C2. The van der Waals surface area contributed by atoms with Crippen molar-refractivity contribution in [3.63, 3.8) is 0 Å². The van der Waals surface area contributed by atoms with Crippen LogP contribution in [-0.4, -0.2) is 36.0 Å². The Bertz CT molecular complexity index is 1480. The van der Waals surface area contributed by atoms with E-state index in [0.29, 0.717) is 31.0 Å². The normalized spacial score (nSPS) is 14.2. The second-order valence-corrected chi connectivity index (χ2v) is 9.24. The number of nitrogens with one attached hydrogen (secondary N) is 1. The molecule has 1 aromatic heterocycles. The smallest absolute Gasteiger partial charge is 0.254 e. The number of likely N-dealkylation sites (N-methyl/N-ethyl adjacent to an activating group) is 1. The molecule has 0 fully saturated rings. The van der Waals surface area contributed by atoms with Crippen LogP contribution in [0.15, 0.2) is 79.0 Å². The maximum Gasteiger partial charge on any atom is 0.254 e. The molecule has 0 saturated carbocycles. The summed E-state index contributed by atoms with van der Waals surface area (Å²) in [6.45, 7) is 5.36. The van der Waals surface area contributed by atoms with Gasteiger partial charge in [-0.2, -0.15) is 0 Å². The van der Waals surface area contributed by atoms with Crippen molar-refractivity contribution < 1.29 is 9.53 Å². The Morgan fingerprint density at radius 2 is 1.86 bits per heavy atom. The van der Waals surface area contributed by atoms with Crippen LogP contribution in [0.2, 0.25) is 0 Å². The third kappa shape index (κ3) is 4.44. The fourth-order valence-electron chi connectivity index (χ4n) is 4.80. The summed E-state index contributed by atoms with van der Waals surface area (Å²) in [5.41, 5.74) is 5.65. The first-order chi connectivity index (χ1) is 17.5. The number of rotatable bonds is 7. The second-order valence-electron chi connectivity index (χ2n) is 9.24. The van der Waals surface area contributed by atoms with Crippen LogP contribution in [0.25, 0.3) is 22.0 Å². The Morgan fingerprint density at radius 3 is 2.64 bits per heavy atom. The van der Waals surface area contributed by atoms with Gasteiger partial charge in [-0.3, -0.25) is 9.78 Å². The topological polar surface area (TPSA) is 54.5 Å². The lowest BCUT2D eigenvalue weighted by Gasteiger charge is -2.34. The summed E-state index contributed by atoms with van der Waals surface area (Å²) in [6.07, 6.45) is 1.83. The van der Waals surface area contributed by atoms with Crippen molar-refractivity contribution in [3.8, 4) is 28.7 Å². The summed E-state index contributed by atoms with van der Waals surface area (Å²) >= 11 is 0. The van der Waals surface area contributed by atoms with E-state index < -0.39 is 5.54 Å². The Kier molecular flexibility index (Phi) is 6.45. The predicted molar refractivity (Wildman–Crippen MR) is 144 cm³/mol. The molecule has 1 N–H and O–H groups in total. The molecule has 1 atom stereocenters. The molecule has 4 aromatic rings. The quantitative estimate of drug-likeness (QED) is 0.364. The number of amides is 1. The van der Waals surface area contributed by atoms with Crippen molar-refractivity contribution in [2.45, 2.75) is 25.9 Å². The van der Waals surface area contributed by atoms with Crippen molar-refractivity contribution in [2.24, 2.45) is 0 Å². The van der Waals surface area contributed by atoms with Gasteiger partial charge in [0.15, 0.2) is 0 Å². The zero-order chi connectivity index (χ0) is 25.1. The lowest BCUT2D eigenvalue weighted by atomic mass is 9.89. The van der Waals surface area contributed by atoms with Crippen LogP contribution in [0.3, 0.4) is 0 Å². The molecule has 2 heterocycles. The fraction of sp³-hybridized carbons (Fsp3) is 0.226. The number of pyridine rings is 1. The molecule has 5 nitrogen and oxygen atoms in total. The van der Waals surface area contributed by atoms with Crippen LogP contribution in [0, 0.1) is 11.8 Å². The van der Waals surface area contributed by atoms with Crippen LogP contribution in [0.1, 0.15) is 35.3 Å². The lowest BCUT2D eigenvalue weighted by molar-refractivity contribution is 0.0728. The Morgan fingerprint density at radius 1 is 1.06 bits per heavy atom. The highest BCUT2D eigenvalue weighted by atomic mass is 16.5. The lowest BCUT2D eigenvalue weighted by Crippen LogP contribution is -2.47. The molecule has 0 spiro atoms. The third-order valence-electron chi connectivity index (χ3n) is 6.97. The van der Waals surface area contributed by atoms with Gasteiger partial charge in [0, 0.05) is 35.8 Å². The van der Waals surface area contributed by atoms with Crippen molar-refractivity contribution >= 4 is 16.8 Å². The first kappa shape index (κ1) is 23.6. The van der Waals surface area contributed by atoms with E-state index in [1.807, 2.05) is 42.4 Å². The number of benzene rings is 3. The Hall–Kier alpha value is -4.14. The zero-order valence-corrected chi connectivity index (χ0v) is 20.8. The number of hydrogen-bond acceptors (Lipinski definition) is 4. The number of carbonyl (C=O) groups is 1. The van der Waals surface area contributed by atoms with Gasteiger partial charge in [0.2, 0.25) is 0 Å². The molecule has 1 aliphatic rings. The van der Waals surface area contributed by atoms with E-state index in [1.165, 1.54) is 0 Å². The summed E-state index contributed by atoms with van der Waals surface area (Å²) in [5.74, 6) is 6.39. The number of hydrogen-bond donors (Lipinski definition) is 1. The fourth-order valence-corrected chi connectivity index (χ4v) is 4.80. The highest BCUT2D eigenvalue weighted by Crippen LogP contribution is 2.32. The van der Waals surface area contributed by atoms with E-state index in [0.717, 1.165) is 33.2 Å². The first-order valence-corrected chi connectivity index (χ1v) is 12.1. The monoisotopic (exact) mass is 475 g/mol. The van der Waals surface area contributed by atoms with Crippen molar-refractivity contribution in [1.29, 1.82) is 0 Å². The van der Waals surface area contributed by atoms with Crippen LogP contribution in [0.4, 0.5) is 0 Å². The number of ether oxygens (including phenoxy) is 1. The number of para-hydroxylation sites is 1. The summed E-state index contributed by atoms with van der Waals surface area (Å²) in [7, 11) is 1.94. The van der Waals surface area contributed by atoms with Gasteiger partial charge in [0.1, 0.15) is 12.4 Å². The molecule has 5 rings (SSSR count). The molecule has 5 heteroatoms. The summed E-state index contributed by atoms with van der Waals surface area (Å²) in [6, 6.07) is 24.6. The van der Waals surface area contributed by atoms with Crippen LogP contribution < -0.4 is 10.1 Å². The molecule has 0 bridgehead atoms. The van der Waals surface area contributed by atoms with E-state index in [9.17, 15) is 4.79 Å². The largest absolute Gasteiger partial charge is 0.481 e. The number of nitrogens with zero attached hydrogens (tertiary/aromatic N) is 2. The first-order valence-electron chi connectivity index (χ1n) is 12.1. The van der Waals surface area contributed by atoms with Gasteiger partial charge >= 0.3 is 0 Å². The van der Waals surface area contributed by atoms with Gasteiger partial charge in [-0.05, 0) is 55.8 Å². The van der Waals surface area contributed by atoms with Gasteiger partial charge in [0.25, 0.3) is 5.91 Å². The predicted octanol–water partition coefficient (Wildman–Crippen LogP) is 5.39. The molecule has 0 radical (unpaired) electrons.